The van der Waals surface area contributed by atoms with Gasteiger partial charge in [-0.1, -0.05) is 15.9 Å². The van der Waals surface area contributed by atoms with Crippen LogP contribution in [0.5, 0.6) is 0 Å². The molecule has 4 heteroatoms. The summed E-state index contributed by atoms with van der Waals surface area (Å²) in [6.07, 6.45) is 1.10. The van der Waals surface area contributed by atoms with E-state index in [1.807, 2.05) is 0 Å². The largest absolute Gasteiger partial charge is 0.376 e. The third-order valence-corrected chi connectivity index (χ3v) is 5.14. The van der Waals surface area contributed by atoms with Crippen molar-refractivity contribution in [2.45, 2.75) is 38.8 Å². The SMILES string of the molecule is Cc1cc(NC2(CN)CCOC2C)cc(C)c1Br. The molecule has 1 aromatic rings. The van der Waals surface area contributed by atoms with Gasteiger partial charge < -0.3 is 15.8 Å². The average molecular weight is 313 g/mol. The monoisotopic (exact) mass is 312 g/mol. The Hall–Kier alpha value is -0.580. The molecule has 2 atom stereocenters. The van der Waals surface area contributed by atoms with Crippen molar-refractivity contribution < 1.29 is 4.74 Å². The van der Waals surface area contributed by atoms with Crippen LogP contribution in [0.3, 0.4) is 0 Å². The maximum atomic E-state index is 5.96. The quantitative estimate of drug-likeness (QED) is 0.902. The Balaban J connectivity index is 2.28. The number of hydrogen-bond donors (Lipinski definition) is 2. The molecule has 0 amide bonds. The predicted molar refractivity (Wildman–Crippen MR) is 79.1 cm³/mol. The van der Waals surface area contributed by atoms with Crippen molar-refractivity contribution in [2.24, 2.45) is 5.73 Å². The van der Waals surface area contributed by atoms with E-state index in [1.54, 1.807) is 0 Å². The number of anilines is 1. The lowest BCUT2D eigenvalue weighted by Crippen LogP contribution is -2.50. The molecule has 2 unspecified atom stereocenters. The van der Waals surface area contributed by atoms with Gasteiger partial charge >= 0.3 is 0 Å². The van der Waals surface area contributed by atoms with Crippen molar-refractivity contribution in [1.82, 2.24) is 0 Å². The van der Waals surface area contributed by atoms with E-state index in [2.05, 4.69) is 54.2 Å². The second-order valence-corrected chi connectivity index (χ2v) is 5.97. The molecule has 0 spiro atoms. The minimum atomic E-state index is -0.132. The summed E-state index contributed by atoms with van der Waals surface area (Å²) in [5, 5.41) is 3.59. The molecule has 1 aromatic carbocycles. The van der Waals surface area contributed by atoms with Crippen molar-refractivity contribution in [3.8, 4) is 0 Å². The van der Waals surface area contributed by atoms with Gasteiger partial charge in [0.1, 0.15) is 0 Å². The molecule has 18 heavy (non-hydrogen) atoms. The average Bonchev–Trinajstić information content (AvgIpc) is 2.68. The second kappa shape index (κ2) is 5.19. The molecule has 0 radical (unpaired) electrons. The van der Waals surface area contributed by atoms with Crippen molar-refractivity contribution in [3.05, 3.63) is 27.7 Å². The first kappa shape index (κ1) is 13.8. The smallest absolute Gasteiger partial charge is 0.0789 e. The predicted octanol–water partition coefficient (Wildman–Crippen LogP) is 2.98. The normalized spacial score (nSPS) is 27.5. The molecule has 3 nitrogen and oxygen atoms in total. The van der Waals surface area contributed by atoms with Gasteiger partial charge in [0.15, 0.2) is 0 Å². The van der Waals surface area contributed by atoms with Crippen LogP contribution in [-0.2, 0) is 4.74 Å². The fourth-order valence-electron chi connectivity index (χ4n) is 2.57. The number of hydrogen-bond acceptors (Lipinski definition) is 3. The lowest BCUT2D eigenvalue weighted by atomic mass is 9.91. The summed E-state index contributed by atoms with van der Waals surface area (Å²) in [7, 11) is 0. The molecule has 100 valence electrons. The van der Waals surface area contributed by atoms with E-state index in [0.29, 0.717) is 6.54 Å². The summed E-state index contributed by atoms with van der Waals surface area (Å²) in [5.74, 6) is 0. The van der Waals surface area contributed by atoms with Gasteiger partial charge in [-0.3, -0.25) is 0 Å². The van der Waals surface area contributed by atoms with Gasteiger partial charge in [-0.25, -0.2) is 0 Å². The van der Waals surface area contributed by atoms with Crippen LogP contribution in [-0.4, -0.2) is 24.8 Å². The van der Waals surface area contributed by atoms with Crippen LogP contribution in [0.4, 0.5) is 5.69 Å². The van der Waals surface area contributed by atoms with E-state index in [9.17, 15) is 0 Å². The van der Waals surface area contributed by atoms with Gasteiger partial charge in [0.25, 0.3) is 0 Å². The van der Waals surface area contributed by atoms with Crippen LogP contribution in [0, 0.1) is 13.8 Å². The number of benzene rings is 1. The zero-order valence-electron chi connectivity index (χ0n) is 11.2. The van der Waals surface area contributed by atoms with Gasteiger partial charge in [0.05, 0.1) is 11.6 Å². The highest BCUT2D eigenvalue weighted by molar-refractivity contribution is 9.10. The van der Waals surface area contributed by atoms with Crippen LogP contribution in [0.1, 0.15) is 24.5 Å². The Bertz CT molecular complexity index is 426. The van der Waals surface area contributed by atoms with Gasteiger partial charge in [0, 0.05) is 23.3 Å². The van der Waals surface area contributed by atoms with Crippen molar-refractivity contribution in [1.29, 1.82) is 0 Å². The van der Waals surface area contributed by atoms with Crippen LogP contribution >= 0.6 is 15.9 Å². The van der Waals surface area contributed by atoms with E-state index in [4.69, 9.17) is 10.5 Å². The number of nitrogens with two attached hydrogens (primary N) is 1. The molecule has 0 aromatic heterocycles. The van der Waals surface area contributed by atoms with Gasteiger partial charge in [0.2, 0.25) is 0 Å². The minimum absolute atomic E-state index is 0.132. The fraction of sp³-hybridized carbons (Fsp3) is 0.571. The number of aryl methyl sites for hydroxylation is 2. The maximum Gasteiger partial charge on any atom is 0.0789 e. The highest BCUT2D eigenvalue weighted by atomic mass is 79.9. The Morgan fingerprint density at radius 1 is 1.44 bits per heavy atom. The number of rotatable bonds is 3. The molecule has 1 fully saturated rings. The van der Waals surface area contributed by atoms with Crippen LogP contribution in [0.2, 0.25) is 0 Å². The molecular weight excluding hydrogens is 292 g/mol. The minimum Gasteiger partial charge on any atom is -0.376 e. The molecule has 2 rings (SSSR count). The molecule has 0 saturated carbocycles. The van der Waals surface area contributed by atoms with Crippen molar-refractivity contribution in [3.63, 3.8) is 0 Å². The van der Waals surface area contributed by atoms with E-state index < -0.39 is 0 Å². The van der Waals surface area contributed by atoms with E-state index >= 15 is 0 Å². The summed E-state index contributed by atoms with van der Waals surface area (Å²) in [6, 6.07) is 4.30. The van der Waals surface area contributed by atoms with E-state index in [-0.39, 0.29) is 11.6 Å². The lowest BCUT2D eigenvalue weighted by molar-refractivity contribution is 0.103. The molecular formula is C14H21BrN2O. The highest BCUT2D eigenvalue weighted by Gasteiger charge is 2.40. The van der Waals surface area contributed by atoms with E-state index in [0.717, 1.165) is 18.7 Å². The van der Waals surface area contributed by atoms with Crippen LogP contribution in [0.25, 0.3) is 0 Å². The zero-order chi connectivity index (χ0) is 13.3. The first-order chi connectivity index (χ1) is 8.48. The number of halogens is 1. The molecule has 3 N–H and O–H groups in total. The highest BCUT2D eigenvalue weighted by Crippen LogP contribution is 2.32. The fourth-order valence-corrected chi connectivity index (χ4v) is 2.80. The number of ether oxygens (including phenoxy) is 1. The Morgan fingerprint density at radius 3 is 2.50 bits per heavy atom. The topological polar surface area (TPSA) is 47.3 Å². The molecule has 1 heterocycles. The third-order valence-electron chi connectivity index (χ3n) is 3.89. The van der Waals surface area contributed by atoms with E-state index in [1.165, 1.54) is 15.6 Å². The molecule has 0 aliphatic carbocycles. The Morgan fingerprint density at radius 2 is 2.06 bits per heavy atom. The standard InChI is InChI=1S/C14H21BrN2O/c1-9-6-12(7-10(2)13(9)15)17-14(8-16)4-5-18-11(14)3/h6-7,11,17H,4-5,8,16H2,1-3H3. The summed E-state index contributed by atoms with van der Waals surface area (Å²) >= 11 is 3.59. The Labute approximate surface area is 117 Å². The maximum absolute atomic E-state index is 5.96. The van der Waals surface area contributed by atoms with Gasteiger partial charge in [-0.15, -0.1) is 0 Å². The third kappa shape index (κ3) is 2.42. The molecule has 1 aliphatic heterocycles. The van der Waals surface area contributed by atoms with Crippen LogP contribution in [0.15, 0.2) is 16.6 Å². The summed E-state index contributed by atoms with van der Waals surface area (Å²) < 4.78 is 6.84. The summed E-state index contributed by atoms with van der Waals surface area (Å²) in [5.41, 5.74) is 9.42. The van der Waals surface area contributed by atoms with Crippen molar-refractivity contribution in [2.75, 3.05) is 18.5 Å². The first-order valence-corrected chi connectivity index (χ1v) is 7.14. The Kier molecular flexibility index (Phi) is 3.99. The van der Waals surface area contributed by atoms with Crippen molar-refractivity contribution >= 4 is 21.6 Å². The summed E-state index contributed by atoms with van der Waals surface area (Å²) in [4.78, 5) is 0. The summed E-state index contributed by atoms with van der Waals surface area (Å²) in [6.45, 7) is 7.66. The molecule has 1 aliphatic rings. The molecule has 0 bridgehead atoms. The number of nitrogens with one attached hydrogen (secondary N) is 1. The second-order valence-electron chi connectivity index (χ2n) is 5.17. The zero-order valence-corrected chi connectivity index (χ0v) is 12.8. The van der Waals surface area contributed by atoms with Gasteiger partial charge in [-0.05, 0) is 50.5 Å². The van der Waals surface area contributed by atoms with Gasteiger partial charge in [-0.2, -0.15) is 0 Å². The first-order valence-electron chi connectivity index (χ1n) is 6.35. The lowest BCUT2D eigenvalue weighted by Gasteiger charge is -2.33. The van der Waals surface area contributed by atoms with Crippen LogP contribution < -0.4 is 11.1 Å². The molecule has 1 saturated heterocycles.